The summed E-state index contributed by atoms with van der Waals surface area (Å²) in [7, 11) is 3.30. The lowest BCUT2D eigenvalue weighted by molar-refractivity contribution is -0.119. The number of carbonyl (C=O) groups is 1. The molecule has 1 saturated carbocycles. The smallest absolute Gasteiger partial charge is 0.218 e. The van der Waals surface area contributed by atoms with Gasteiger partial charge in [0.1, 0.15) is 5.78 Å². The molecule has 4 heterocycles. The highest BCUT2D eigenvalue weighted by Gasteiger charge is 2.47. The van der Waals surface area contributed by atoms with Crippen LogP contribution in [0.25, 0.3) is 33.6 Å². The molecule has 49 heavy (non-hydrogen) atoms. The Morgan fingerprint density at radius 2 is 1.37 bits per heavy atom. The molecule has 1 saturated heterocycles. The Morgan fingerprint density at radius 3 is 1.94 bits per heavy atom. The summed E-state index contributed by atoms with van der Waals surface area (Å²) < 4.78 is 11.5. The van der Waals surface area contributed by atoms with Crippen LogP contribution in [0.1, 0.15) is 49.7 Å². The van der Waals surface area contributed by atoms with Gasteiger partial charge in [-0.3, -0.25) is 9.69 Å². The van der Waals surface area contributed by atoms with E-state index in [-0.39, 0.29) is 5.41 Å². The molecule has 4 aromatic rings. The normalized spacial score (nSPS) is 16.7. The van der Waals surface area contributed by atoms with Gasteiger partial charge in [0.15, 0.2) is 0 Å². The van der Waals surface area contributed by atoms with Gasteiger partial charge in [-0.1, -0.05) is 71.7 Å². The first-order chi connectivity index (χ1) is 23.9. The second kappa shape index (κ2) is 14.4. The van der Waals surface area contributed by atoms with Gasteiger partial charge < -0.3 is 9.47 Å². The van der Waals surface area contributed by atoms with Crippen molar-refractivity contribution in [2.24, 2.45) is 15.6 Å². The first kappa shape index (κ1) is 33.4. The second-order valence-electron chi connectivity index (χ2n) is 13.3. The summed E-state index contributed by atoms with van der Waals surface area (Å²) in [4.78, 5) is 24.0. The Bertz CT molecular complexity index is 1950. The molecule has 2 aromatic carbocycles. The van der Waals surface area contributed by atoms with Crippen LogP contribution in [0.2, 0.25) is 10.0 Å². The molecular formula is C39H39Cl2N5O3. The Labute approximate surface area is 297 Å². The summed E-state index contributed by atoms with van der Waals surface area (Å²) in [5, 5.41) is 9.09. The van der Waals surface area contributed by atoms with Crippen LogP contribution in [-0.2, 0) is 17.8 Å². The number of ketones is 1. The minimum Gasteiger partial charge on any atom is -0.481 e. The maximum absolute atomic E-state index is 11.9. The summed E-state index contributed by atoms with van der Waals surface area (Å²) in [6, 6.07) is 19.9. The van der Waals surface area contributed by atoms with E-state index in [2.05, 4.69) is 27.3 Å². The molecule has 2 fully saturated rings. The number of hydrogen-bond acceptors (Lipinski definition) is 8. The van der Waals surface area contributed by atoms with E-state index in [1.165, 1.54) is 5.57 Å². The minimum absolute atomic E-state index is 0.178. The molecule has 7 rings (SSSR count). The predicted molar refractivity (Wildman–Crippen MR) is 193 cm³/mol. The molecule has 0 bridgehead atoms. The van der Waals surface area contributed by atoms with Crippen LogP contribution in [0.4, 0.5) is 0 Å². The Morgan fingerprint density at radius 1 is 0.776 bits per heavy atom. The fourth-order valence-electron chi connectivity index (χ4n) is 7.41. The summed E-state index contributed by atoms with van der Waals surface area (Å²) in [6.07, 6.45) is 8.26. The number of rotatable bonds is 12. The highest BCUT2D eigenvalue weighted by Crippen LogP contribution is 2.45. The number of ether oxygens (including phenoxy) is 2. The van der Waals surface area contributed by atoms with Gasteiger partial charge in [-0.05, 0) is 49.8 Å². The fourth-order valence-corrected chi connectivity index (χ4v) is 8.06. The van der Waals surface area contributed by atoms with Crippen molar-refractivity contribution < 1.29 is 14.3 Å². The van der Waals surface area contributed by atoms with Crippen molar-refractivity contribution in [3.63, 3.8) is 0 Å². The number of carbonyl (C=O) groups excluding carboxylic acids is 1. The van der Waals surface area contributed by atoms with Crippen LogP contribution in [-0.4, -0.2) is 54.5 Å². The molecular weight excluding hydrogens is 657 g/mol. The van der Waals surface area contributed by atoms with Crippen LogP contribution in [0.3, 0.4) is 0 Å². The Balaban J connectivity index is 1.09. The van der Waals surface area contributed by atoms with E-state index in [1.54, 1.807) is 14.2 Å². The number of azo groups is 1. The molecule has 1 spiro atoms. The molecule has 0 radical (unpaired) electrons. The van der Waals surface area contributed by atoms with Crippen molar-refractivity contribution in [2.45, 2.75) is 51.5 Å². The van der Waals surface area contributed by atoms with Gasteiger partial charge in [-0.2, -0.15) is 10.2 Å². The number of methoxy groups -OCH3 is 2. The average Bonchev–Trinajstić information content (AvgIpc) is 3.77. The largest absolute Gasteiger partial charge is 0.481 e. The summed E-state index contributed by atoms with van der Waals surface area (Å²) in [6.45, 7) is 3.34. The zero-order valence-corrected chi connectivity index (χ0v) is 29.4. The van der Waals surface area contributed by atoms with Gasteiger partial charge in [0.05, 0.1) is 48.4 Å². The van der Waals surface area contributed by atoms with Crippen LogP contribution in [0, 0.1) is 5.41 Å². The highest BCUT2D eigenvalue weighted by molar-refractivity contribution is 6.39. The molecule has 8 nitrogen and oxygen atoms in total. The molecule has 252 valence electrons. The van der Waals surface area contributed by atoms with Crippen molar-refractivity contribution in [1.29, 1.82) is 0 Å². The van der Waals surface area contributed by atoms with Crippen molar-refractivity contribution in [2.75, 3.05) is 33.9 Å². The Hall–Kier alpha value is -4.11. The van der Waals surface area contributed by atoms with Crippen LogP contribution < -0.4 is 9.47 Å². The summed E-state index contributed by atoms with van der Waals surface area (Å²) in [5.74, 6) is 1.57. The van der Waals surface area contributed by atoms with Gasteiger partial charge in [-0.15, -0.1) is 0 Å². The number of unbranched alkanes of at least 4 members (excludes halogenated alkanes) is 1. The second-order valence-corrected chi connectivity index (χ2v) is 14.1. The maximum atomic E-state index is 11.9. The lowest BCUT2D eigenvalue weighted by Crippen LogP contribution is -2.54. The molecule has 1 aliphatic carbocycles. The number of benzene rings is 2. The van der Waals surface area contributed by atoms with Crippen molar-refractivity contribution >= 4 is 29.0 Å². The molecule has 0 atom stereocenters. The van der Waals surface area contributed by atoms with Crippen molar-refractivity contribution in [3.05, 3.63) is 93.6 Å². The van der Waals surface area contributed by atoms with Gasteiger partial charge >= 0.3 is 0 Å². The van der Waals surface area contributed by atoms with Gasteiger partial charge in [0.25, 0.3) is 0 Å². The number of halogens is 2. The zero-order chi connectivity index (χ0) is 34.0. The van der Waals surface area contributed by atoms with Gasteiger partial charge in [-0.25, -0.2) is 9.97 Å². The number of hydrogen-bond donors (Lipinski definition) is 0. The van der Waals surface area contributed by atoms with Gasteiger partial charge in [0.2, 0.25) is 11.8 Å². The number of Topliss-reactive ketones (excluding diaryl/α,β-unsaturated/α-hetero) is 1. The SMILES string of the molecule is COc1nc(-c2cccc(-c3cccc(-c4ccc(CN5CC6(CCC(=O)C6)C5)c(OC)n4)c3Cl)c2Cl)ccc1CCCCC1=CN=NC1. The van der Waals surface area contributed by atoms with E-state index in [0.29, 0.717) is 39.7 Å². The third-order valence-corrected chi connectivity index (χ3v) is 10.7. The predicted octanol–water partition coefficient (Wildman–Crippen LogP) is 9.42. The topological polar surface area (TPSA) is 89.3 Å². The molecule has 2 aromatic heterocycles. The number of aromatic nitrogens is 2. The molecule has 0 amide bonds. The maximum Gasteiger partial charge on any atom is 0.218 e. The standard InChI is InChI=1S/C39H39Cl2N5O3/c1-48-37-26(8-4-3-7-25-20-42-43-21-25)13-15-33(44-37)31-11-5-9-29(35(31)40)30-10-6-12-32(36(30)41)34-16-14-27(38(45-34)49-2)22-46-23-39(24-46)18-17-28(47)19-39/h5-6,9-16,20H,3-4,7-8,17-19,21-24H2,1-2H3. The lowest BCUT2D eigenvalue weighted by Gasteiger charge is -2.48. The molecule has 10 heteroatoms. The third kappa shape index (κ3) is 7.00. The van der Waals surface area contributed by atoms with E-state index >= 15 is 0 Å². The first-order valence-corrected chi connectivity index (χ1v) is 17.6. The van der Waals surface area contributed by atoms with E-state index in [4.69, 9.17) is 42.6 Å². The van der Waals surface area contributed by atoms with Crippen LogP contribution in [0.5, 0.6) is 11.8 Å². The van der Waals surface area contributed by atoms with Crippen molar-refractivity contribution in [1.82, 2.24) is 14.9 Å². The number of likely N-dealkylation sites (tertiary alicyclic amines) is 1. The third-order valence-electron chi connectivity index (χ3n) is 9.91. The fraction of sp³-hybridized carbons (Fsp3) is 0.359. The summed E-state index contributed by atoms with van der Waals surface area (Å²) >= 11 is 14.2. The van der Waals surface area contributed by atoms with E-state index in [0.717, 1.165) is 104 Å². The average molecular weight is 697 g/mol. The van der Waals surface area contributed by atoms with E-state index in [1.807, 2.05) is 54.7 Å². The van der Waals surface area contributed by atoms with E-state index < -0.39 is 0 Å². The van der Waals surface area contributed by atoms with Gasteiger partial charge in [0, 0.05) is 71.3 Å². The molecule has 0 unspecified atom stereocenters. The number of pyridine rings is 2. The number of nitrogens with zero attached hydrogens (tertiary/aromatic N) is 5. The van der Waals surface area contributed by atoms with E-state index in [9.17, 15) is 4.79 Å². The number of aryl methyl sites for hydroxylation is 1. The van der Waals surface area contributed by atoms with Crippen LogP contribution >= 0.6 is 23.2 Å². The monoisotopic (exact) mass is 695 g/mol. The summed E-state index contributed by atoms with van der Waals surface area (Å²) in [5.41, 5.74) is 8.17. The quantitative estimate of drug-likeness (QED) is 0.137. The van der Waals surface area contributed by atoms with Crippen LogP contribution in [0.15, 0.2) is 82.7 Å². The zero-order valence-electron chi connectivity index (χ0n) is 27.8. The highest BCUT2D eigenvalue weighted by atomic mass is 35.5. The molecule has 3 aliphatic rings. The minimum atomic E-state index is 0.178. The molecule has 0 N–H and O–H groups in total. The Kier molecular flexibility index (Phi) is 9.81. The van der Waals surface area contributed by atoms with Crippen molar-refractivity contribution in [3.8, 4) is 45.4 Å². The lowest BCUT2D eigenvalue weighted by atomic mass is 9.78. The first-order valence-electron chi connectivity index (χ1n) is 16.8. The molecule has 2 aliphatic heterocycles.